The molecular weight excluding hydrogens is 247 g/mol. The Morgan fingerprint density at radius 1 is 1.22 bits per heavy atom. The van der Waals surface area contributed by atoms with Crippen LogP contribution in [0, 0.1) is 12.7 Å². The largest absolute Gasteiger partial charge is 0.389 e. The molecule has 2 rings (SSSR count). The normalized spacial score (nSPS) is 10.1. The summed E-state index contributed by atoms with van der Waals surface area (Å²) in [6, 6.07) is 12.0. The molecule has 2 nitrogen and oxygen atoms in total. The number of halogens is 1. The third kappa shape index (κ3) is 2.84. The maximum Gasteiger partial charge on any atom is 0.125 e. The molecule has 0 unspecified atom stereocenters. The molecule has 0 aliphatic carbocycles. The van der Waals surface area contributed by atoms with E-state index in [0.29, 0.717) is 10.7 Å². The SMILES string of the molecule is Cc1cc(C(N)=S)ccc1Nc1cccc(F)c1. The Kier molecular flexibility index (Phi) is 3.58. The first-order chi connectivity index (χ1) is 8.56. The fourth-order valence-corrected chi connectivity index (χ4v) is 1.81. The van der Waals surface area contributed by atoms with E-state index in [4.69, 9.17) is 18.0 Å². The second-order valence-electron chi connectivity index (χ2n) is 4.03. The van der Waals surface area contributed by atoms with E-state index >= 15 is 0 Å². The Hall–Kier alpha value is -1.94. The molecular formula is C14H13FN2S. The highest BCUT2D eigenvalue weighted by Crippen LogP contribution is 2.22. The number of benzene rings is 2. The Labute approximate surface area is 111 Å². The van der Waals surface area contributed by atoms with Crippen LogP contribution >= 0.6 is 12.2 Å². The average molecular weight is 260 g/mol. The first-order valence-corrected chi connectivity index (χ1v) is 5.90. The first-order valence-electron chi connectivity index (χ1n) is 5.49. The van der Waals surface area contributed by atoms with Crippen LogP contribution in [0.25, 0.3) is 0 Å². The molecule has 0 fully saturated rings. The van der Waals surface area contributed by atoms with Crippen LogP contribution in [0.4, 0.5) is 15.8 Å². The van der Waals surface area contributed by atoms with Crippen molar-refractivity contribution in [1.82, 2.24) is 0 Å². The van der Waals surface area contributed by atoms with Crippen molar-refractivity contribution in [3.05, 3.63) is 59.4 Å². The summed E-state index contributed by atoms with van der Waals surface area (Å²) in [5, 5.41) is 3.16. The fraction of sp³-hybridized carbons (Fsp3) is 0.0714. The molecule has 18 heavy (non-hydrogen) atoms. The summed E-state index contributed by atoms with van der Waals surface area (Å²) in [6.45, 7) is 1.95. The molecule has 3 N–H and O–H groups in total. The van der Waals surface area contributed by atoms with Crippen molar-refractivity contribution in [3.63, 3.8) is 0 Å². The van der Waals surface area contributed by atoms with Gasteiger partial charge < -0.3 is 11.1 Å². The van der Waals surface area contributed by atoms with Gasteiger partial charge in [-0.2, -0.15) is 0 Å². The molecule has 0 aromatic heterocycles. The zero-order valence-corrected chi connectivity index (χ0v) is 10.7. The van der Waals surface area contributed by atoms with Gasteiger partial charge in [-0.1, -0.05) is 18.3 Å². The second kappa shape index (κ2) is 5.14. The van der Waals surface area contributed by atoms with E-state index in [0.717, 1.165) is 16.8 Å². The molecule has 0 radical (unpaired) electrons. The first kappa shape index (κ1) is 12.5. The van der Waals surface area contributed by atoms with Gasteiger partial charge in [0, 0.05) is 16.9 Å². The van der Waals surface area contributed by atoms with Gasteiger partial charge in [-0.25, -0.2) is 4.39 Å². The van der Waals surface area contributed by atoms with Crippen LogP contribution in [0.5, 0.6) is 0 Å². The fourth-order valence-electron chi connectivity index (χ4n) is 1.68. The molecule has 4 heteroatoms. The van der Waals surface area contributed by atoms with Gasteiger partial charge in [0.25, 0.3) is 0 Å². The van der Waals surface area contributed by atoms with E-state index in [2.05, 4.69) is 5.32 Å². The molecule has 0 heterocycles. The number of hydrogen-bond donors (Lipinski definition) is 2. The maximum atomic E-state index is 13.1. The summed E-state index contributed by atoms with van der Waals surface area (Å²) < 4.78 is 13.1. The minimum atomic E-state index is -0.266. The van der Waals surface area contributed by atoms with Crippen molar-refractivity contribution in [2.45, 2.75) is 6.92 Å². The smallest absolute Gasteiger partial charge is 0.125 e. The minimum absolute atomic E-state index is 0.266. The van der Waals surface area contributed by atoms with Crippen LogP contribution < -0.4 is 11.1 Å². The predicted octanol–water partition coefficient (Wildman–Crippen LogP) is 3.51. The number of rotatable bonds is 3. The predicted molar refractivity (Wildman–Crippen MR) is 76.7 cm³/mol. The van der Waals surface area contributed by atoms with Crippen LogP contribution in [0.3, 0.4) is 0 Å². The highest BCUT2D eigenvalue weighted by atomic mass is 32.1. The van der Waals surface area contributed by atoms with Crippen LogP contribution in [-0.4, -0.2) is 4.99 Å². The lowest BCUT2D eigenvalue weighted by Crippen LogP contribution is -2.09. The lowest BCUT2D eigenvalue weighted by atomic mass is 10.1. The van der Waals surface area contributed by atoms with Gasteiger partial charge in [-0.05, 0) is 48.9 Å². The summed E-state index contributed by atoms with van der Waals surface area (Å²) in [7, 11) is 0. The van der Waals surface area contributed by atoms with Gasteiger partial charge in [-0.15, -0.1) is 0 Å². The topological polar surface area (TPSA) is 38.0 Å². The summed E-state index contributed by atoms with van der Waals surface area (Å²) in [4.78, 5) is 0.371. The molecule has 0 aliphatic heterocycles. The summed E-state index contributed by atoms with van der Waals surface area (Å²) in [5.74, 6) is -0.266. The Morgan fingerprint density at radius 3 is 2.61 bits per heavy atom. The van der Waals surface area contributed by atoms with Crippen molar-refractivity contribution in [2.75, 3.05) is 5.32 Å². The molecule has 0 bridgehead atoms. The van der Waals surface area contributed by atoms with Crippen LogP contribution in [0.15, 0.2) is 42.5 Å². The number of hydrogen-bond acceptors (Lipinski definition) is 2. The van der Waals surface area contributed by atoms with Crippen molar-refractivity contribution in [2.24, 2.45) is 5.73 Å². The van der Waals surface area contributed by atoms with E-state index in [1.165, 1.54) is 12.1 Å². The highest BCUT2D eigenvalue weighted by molar-refractivity contribution is 7.80. The second-order valence-corrected chi connectivity index (χ2v) is 4.47. The van der Waals surface area contributed by atoms with E-state index < -0.39 is 0 Å². The highest BCUT2D eigenvalue weighted by Gasteiger charge is 2.03. The number of anilines is 2. The van der Waals surface area contributed by atoms with E-state index in [1.807, 2.05) is 31.2 Å². The molecule has 0 spiro atoms. The summed E-state index contributed by atoms with van der Waals surface area (Å²) in [5.41, 5.74) is 9.01. The molecule has 0 saturated carbocycles. The molecule has 92 valence electrons. The summed E-state index contributed by atoms with van der Waals surface area (Å²) in [6.07, 6.45) is 0. The molecule has 2 aromatic carbocycles. The third-order valence-electron chi connectivity index (χ3n) is 2.61. The quantitative estimate of drug-likeness (QED) is 0.829. The van der Waals surface area contributed by atoms with E-state index in [1.54, 1.807) is 6.07 Å². The zero-order valence-electron chi connectivity index (χ0n) is 9.91. The van der Waals surface area contributed by atoms with Gasteiger partial charge in [0.1, 0.15) is 10.8 Å². The van der Waals surface area contributed by atoms with Gasteiger partial charge in [-0.3, -0.25) is 0 Å². The average Bonchev–Trinajstić information content (AvgIpc) is 2.31. The molecule has 0 aliphatic rings. The standard InChI is InChI=1S/C14H13FN2S/c1-9-7-10(14(16)18)5-6-13(9)17-12-4-2-3-11(15)8-12/h2-8,17H,1H3,(H2,16,18). The monoisotopic (exact) mass is 260 g/mol. The zero-order chi connectivity index (χ0) is 13.1. The van der Waals surface area contributed by atoms with Crippen LogP contribution in [0.1, 0.15) is 11.1 Å². The molecule has 0 atom stereocenters. The van der Waals surface area contributed by atoms with Crippen molar-refractivity contribution in [1.29, 1.82) is 0 Å². The lowest BCUT2D eigenvalue weighted by Gasteiger charge is -2.11. The van der Waals surface area contributed by atoms with Crippen LogP contribution in [-0.2, 0) is 0 Å². The van der Waals surface area contributed by atoms with Crippen molar-refractivity contribution >= 4 is 28.6 Å². The van der Waals surface area contributed by atoms with Crippen molar-refractivity contribution in [3.8, 4) is 0 Å². The number of thiocarbonyl (C=S) groups is 1. The third-order valence-corrected chi connectivity index (χ3v) is 2.85. The Balaban J connectivity index is 2.27. The molecule has 0 amide bonds. The van der Waals surface area contributed by atoms with Crippen LogP contribution in [0.2, 0.25) is 0 Å². The number of aryl methyl sites for hydroxylation is 1. The lowest BCUT2D eigenvalue weighted by molar-refractivity contribution is 0.628. The van der Waals surface area contributed by atoms with E-state index in [-0.39, 0.29) is 5.82 Å². The van der Waals surface area contributed by atoms with Gasteiger partial charge in [0.05, 0.1) is 0 Å². The molecule has 2 aromatic rings. The summed E-state index contributed by atoms with van der Waals surface area (Å²) >= 11 is 4.92. The van der Waals surface area contributed by atoms with E-state index in [9.17, 15) is 4.39 Å². The number of nitrogens with one attached hydrogen (secondary N) is 1. The molecule has 0 saturated heterocycles. The Bertz CT molecular complexity index is 596. The van der Waals surface area contributed by atoms with Gasteiger partial charge in [0.15, 0.2) is 0 Å². The minimum Gasteiger partial charge on any atom is -0.389 e. The number of nitrogens with two attached hydrogens (primary N) is 1. The Morgan fingerprint density at radius 2 is 2.00 bits per heavy atom. The van der Waals surface area contributed by atoms with Gasteiger partial charge >= 0.3 is 0 Å². The van der Waals surface area contributed by atoms with Gasteiger partial charge in [0.2, 0.25) is 0 Å². The maximum absolute atomic E-state index is 13.1. The van der Waals surface area contributed by atoms with Crippen molar-refractivity contribution < 1.29 is 4.39 Å².